The highest BCUT2D eigenvalue weighted by molar-refractivity contribution is 7.15. The van der Waals surface area contributed by atoms with Crippen molar-refractivity contribution >= 4 is 33.4 Å². The van der Waals surface area contributed by atoms with Crippen molar-refractivity contribution in [2.45, 2.75) is 6.61 Å². The third kappa shape index (κ3) is 3.29. The SMILES string of the molecule is COc1cc(/C=c2/sc3nc4ccccc4n3c2=O)ccc1OCc1ccncc1. The van der Waals surface area contributed by atoms with Gasteiger partial charge in [0.15, 0.2) is 16.5 Å². The molecule has 30 heavy (non-hydrogen) atoms. The fourth-order valence-electron chi connectivity index (χ4n) is 3.30. The molecule has 0 amide bonds. The first kappa shape index (κ1) is 18.3. The maximum Gasteiger partial charge on any atom is 0.274 e. The molecule has 0 bridgehead atoms. The van der Waals surface area contributed by atoms with Gasteiger partial charge >= 0.3 is 0 Å². The van der Waals surface area contributed by atoms with Crippen LogP contribution in [0.3, 0.4) is 0 Å². The Hall–Kier alpha value is -3.71. The number of ether oxygens (including phenoxy) is 2. The fraction of sp³-hybridized carbons (Fsp3) is 0.0870. The molecule has 0 aliphatic rings. The lowest BCUT2D eigenvalue weighted by Gasteiger charge is -2.11. The van der Waals surface area contributed by atoms with Crippen molar-refractivity contribution in [3.63, 3.8) is 0 Å². The molecule has 5 rings (SSSR count). The average Bonchev–Trinajstić information content (AvgIpc) is 3.29. The molecular weight excluding hydrogens is 398 g/mol. The van der Waals surface area contributed by atoms with Crippen molar-refractivity contribution in [2.75, 3.05) is 7.11 Å². The summed E-state index contributed by atoms with van der Waals surface area (Å²) < 4.78 is 13.7. The van der Waals surface area contributed by atoms with Crippen LogP contribution in [0.5, 0.6) is 11.5 Å². The van der Waals surface area contributed by atoms with E-state index in [0.29, 0.717) is 27.6 Å². The minimum absolute atomic E-state index is 0.0688. The Morgan fingerprint density at radius 3 is 2.73 bits per heavy atom. The minimum atomic E-state index is -0.0688. The van der Waals surface area contributed by atoms with Gasteiger partial charge in [-0.05, 0) is 53.6 Å². The molecule has 2 aromatic carbocycles. The molecule has 0 fully saturated rings. The van der Waals surface area contributed by atoms with Crippen molar-refractivity contribution in [2.24, 2.45) is 0 Å². The Morgan fingerprint density at radius 1 is 1.07 bits per heavy atom. The van der Waals surface area contributed by atoms with E-state index < -0.39 is 0 Å². The van der Waals surface area contributed by atoms with Crippen LogP contribution in [0.4, 0.5) is 0 Å². The monoisotopic (exact) mass is 415 g/mol. The number of imidazole rings is 1. The predicted octanol–water partition coefficient (Wildman–Crippen LogP) is 3.44. The van der Waals surface area contributed by atoms with Crippen molar-refractivity contribution in [1.82, 2.24) is 14.4 Å². The van der Waals surface area contributed by atoms with Gasteiger partial charge in [0.25, 0.3) is 5.56 Å². The molecule has 0 saturated heterocycles. The van der Waals surface area contributed by atoms with E-state index in [4.69, 9.17) is 9.47 Å². The van der Waals surface area contributed by atoms with Crippen molar-refractivity contribution in [1.29, 1.82) is 0 Å². The summed E-state index contributed by atoms with van der Waals surface area (Å²) >= 11 is 1.38. The lowest BCUT2D eigenvalue weighted by molar-refractivity contribution is 0.284. The van der Waals surface area contributed by atoms with Crippen molar-refractivity contribution in [3.8, 4) is 11.5 Å². The van der Waals surface area contributed by atoms with Crippen LogP contribution in [0.15, 0.2) is 71.8 Å². The van der Waals surface area contributed by atoms with Crippen LogP contribution in [-0.4, -0.2) is 21.5 Å². The van der Waals surface area contributed by atoms with Gasteiger partial charge in [-0.3, -0.25) is 9.78 Å². The van der Waals surface area contributed by atoms with Gasteiger partial charge in [0.1, 0.15) is 6.61 Å². The number of thiazole rings is 1. The van der Waals surface area contributed by atoms with E-state index in [1.807, 2.05) is 60.7 Å². The number of fused-ring (bicyclic) bond motifs is 3. The highest BCUT2D eigenvalue weighted by Gasteiger charge is 2.11. The van der Waals surface area contributed by atoms with Crippen molar-refractivity contribution < 1.29 is 9.47 Å². The molecule has 0 spiro atoms. The van der Waals surface area contributed by atoms with Crippen LogP contribution in [0.1, 0.15) is 11.1 Å². The standard InChI is InChI=1S/C23H17N3O3S/c1-28-20-12-16(6-7-19(20)29-14-15-8-10-24-11-9-15)13-21-22(27)26-18-5-3-2-4-17(18)25-23(26)30-21/h2-13H,14H2,1H3/b21-13+. The summed E-state index contributed by atoms with van der Waals surface area (Å²) in [6.45, 7) is 0.418. The first-order valence-electron chi connectivity index (χ1n) is 9.34. The summed E-state index contributed by atoms with van der Waals surface area (Å²) in [6, 6.07) is 17.1. The second kappa shape index (κ2) is 7.61. The average molecular weight is 415 g/mol. The normalized spacial score (nSPS) is 12.0. The van der Waals surface area contributed by atoms with E-state index in [-0.39, 0.29) is 5.56 Å². The number of nitrogens with zero attached hydrogens (tertiary/aromatic N) is 3. The molecule has 3 aromatic heterocycles. The highest BCUT2D eigenvalue weighted by Crippen LogP contribution is 2.29. The van der Waals surface area contributed by atoms with Crippen LogP contribution >= 0.6 is 11.3 Å². The number of para-hydroxylation sites is 2. The summed E-state index contributed by atoms with van der Waals surface area (Å²) in [4.78, 5) is 22.2. The van der Waals surface area contributed by atoms with Crippen LogP contribution in [0.2, 0.25) is 0 Å². The van der Waals surface area contributed by atoms with E-state index in [9.17, 15) is 4.79 Å². The lowest BCUT2D eigenvalue weighted by Crippen LogP contribution is -2.22. The van der Waals surface area contributed by atoms with E-state index in [1.54, 1.807) is 23.9 Å². The van der Waals surface area contributed by atoms with E-state index in [0.717, 1.165) is 22.2 Å². The number of hydrogen-bond donors (Lipinski definition) is 0. The maximum atomic E-state index is 12.9. The molecule has 0 saturated carbocycles. The summed E-state index contributed by atoms with van der Waals surface area (Å²) in [7, 11) is 1.60. The van der Waals surface area contributed by atoms with Gasteiger partial charge in [-0.25, -0.2) is 9.38 Å². The van der Waals surface area contributed by atoms with Crippen LogP contribution in [0, 0.1) is 0 Å². The molecule has 0 atom stereocenters. The number of pyridine rings is 1. The van der Waals surface area contributed by atoms with Gasteiger partial charge in [-0.15, -0.1) is 0 Å². The van der Waals surface area contributed by atoms with Crippen LogP contribution in [0.25, 0.3) is 22.1 Å². The first-order valence-corrected chi connectivity index (χ1v) is 10.2. The third-order valence-corrected chi connectivity index (χ3v) is 5.74. The predicted molar refractivity (Wildman–Crippen MR) is 117 cm³/mol. The maximum absolute atomic E-state index is 12.9. The molecule has 5 aromatic rings. The summed E-state index contributed by atoms with van der Waals surface area (Å²) in [5.41, 5.74) is 3.46. The molecular formula is C23H17N3O3S. The van der Waals surface area contributed by atoms with Crippen LogP contribution in [-0.2, 0) is 6.61 Å². The van der Waals surface area contributed by atoms with Crippen LogP contribution < -0.4 is 19.6 Å². The second-order valence-corrected chi connectivity index (χ2v) is 7.70. The quantitative estimate of drug-likeness (QED) is 0.440. The number of aromatic nitrogens is 3. The summed E-state index contributed by atoms with van der Waals surface area (Å²) in [5, 5.41) is 0. The van der Waals surface area contributed by atoms with Gasteiger partial charge in [0, 0.05) is 12.4 Å². The summed E-state index contributed by atoms with van der Waals surface area (Å²) in [6.07, 6.45) is 5.32. The Balaban J connectivity index is 1.49. The zero-order valence-electron chi connectivity index (χ0n) is 16.1. The Kier molecular flexibility index (Phi) is 4.65. The Morgan fingerprint density at radius 2 is 1.90 bits per heavy atom. The number of hydrogen-bond acceptors (Lipinski definition) is 6. The smallest absolute Gasteiger partial charge is 0.274 e. The van der Waals surface area contributed by atoms with Gasteiger partial charge < -0.3 is 9.47 Å². The summed E-state index contributed by atoms with van der Waals surface area (Å²) in [5.74, 6) is 1.25. The van der Waals surface area contributed by atoms with Gasteiger partial charge in [-0.1, -0.05) is 29.5 Å². The van der Waals surface area contributed by atoms with E-state index >= 15 is 0 Å². The molecule has 7 heteroatoms. The van der Waals surface area contributed by atoms with Gasteiger partial charge in [0.05, 0.1) is 22.7 Å². The molecule has 148 valence electrons. The number of benzene rings is 2. The second-order valence-electron chi connectivity index (χ2n) is 6.69. The van der Waals surface area contributed by atoms with E-state index in [2.05, 4.69) is 9.97 Å². The molecule has 0 unspecified atom stereocenters. The Bertz CT molecular complexity index is 1460. The fourth-order valence-corrected chi connectivity index (χ4v) is 4.28. The van der Waals surface area contributed by atoms with E-state index in [1.165, 1.54) is 11.3 Å². The zero-order valence-corrected chi connectivity index (χ0v) is 16.9. The molecule has 0 N–H and O–H groups in total. The Labute approximate surface area is 175 Å². The highest BCUT2D eigenvalue weighted by atomic mass is 32.1. The number of methoxy groups -OCH3 is 1. The van der Waals surface area contributed by atoms with Gasteiger partial charge in [-0.2, -0.15) is 0 Å². The van der Waals surface area contributed by atoms with Crippen molar-refractivity contribution in [3.05, 3.63) is 93.0 Å². The van der Waals surface area contributed by atoms with Gasteiger partial charge in [0.2, 0.25) is 0 Å². The molecule has 0 radical (unpaired) electrons. The minimum Gasteiger partial charge on any atom is -0.493 e. The topological polar surface area (TPSA) is 65.7 Å². The molecule has 6 nitrogen and oxygen atoms in total. The first-order chi connectivity index (χ1) is 14.7. The molecule has 0 aliphatic carbocycles. The third-order valence-electron chi connectivity index (χ3n) is 4.77. The molecule has 0 aliphatic heterocycles. The largest absolute Gasteiger partial charge is 0.493 e. The lowest BCUT2D eigenvalue weighted by atomic mass is 10.2. The zero-order chi connectivity index (χ0) is 20.5. The number of rotatable bonds is 5. The molecule has 3 heterocycles.